The summed E-state index contributed by atoms with van der Waals surface area (Å²) in [5.41, 5.74) is 0.733. The van der Waals surface area contributed by atoms with E-state index in [9.17, 15) is 9.18 Å². The fraction of sp³-hybridized carbons (Fsp3) is 0.562. The largest absolute Gasteiger partial charge is 0.478 e. The summed E-state index contributed by atoms with van der Waals surface area (Å²) in [6.45, 7) is 2.10. The zero-order valence-corrected chi connectivity index (χ0v) is 11.9. The molecule has 1 aliphatic carbocycles. The maximum Gasteiger partial charge on any atom is 0.335 e. The molecule has 3 rings (SSSR count). The van der Waals surface area contributed by atoms with Crippen LogP contribution in [0.2, 0.25) is 0 Å². The molecule has 1 N–H and O–H groups in total. The lowest BCUT2D eigenvalue weighted by atomic mass is 9.90. The van der Waals surface area contributed by atoms with Crippen molar-refractivity contribution in [3.8, 4) is 0 Å². The summed E-state index contributed by atoms with van der Waals surface area (Å²) >= 11 is 0. The lowest BCUT2D eigenvalue weighted by molar-refractivity contribution is -0.0911. The first kappa shape index (κ1) is 14.5. The maximum absolute atomic E-state index is 13.6. The second-order valence-corrected chi connectivity index (χ2v) is 5.88. The fourth-order valence-corrected chi connectivity index (χ4v) is 3.47. The Kier molecular flexibility index (Phi) is 4.22. The molecule has 0 amide bonds. The number of morpholine rings is 1. The van der Waals surface area contributed by atoms with Crippen molar-refractivity contribution in [3.63, 3.8) is 0 Å². The van der Waals surface area contributed by atoms with Gasteiger partial charge in [-0.1, -0.05) is 12.8 Å². The van der Waals surface area contributed by atoms with Crippen molar-refractivity contribution in [2.24, 2.45) is 0 Å². The summed E-state index contributed by atoms with van der Waals surface area (Å²) < 4.78 is 19.4. The number of fused-ring (bicyclic) bond motifs is 1. The predicted molar refractivity (Wildman–Crippen MR) is 75.8 cm³/mol. The van der Waals surface area contributed by atoms with Gasteiger partial charge in [-0.25, -0.2) is 9.18 Å². The van der Waals surface area contributed by atoms with Crippen LogP contribution in [0.15, 0.2) is 18.2 Å². The van der Waals surface area contributed by atoms with E-state index in [2.05, 4.69) is 4.90 Å². The molecular formula is C16H20FNO3. The Morgan fingerprint density at radius 2 is 2.14 bits per heavy atom. The van der Waals surface area contributed by atoms with E-state index < -0.39 is 11.8 Å². The van der Waals surface area contributed by atoms with Crippen LogP contribution in [-0.4, -0.2) is 41.3 Å². The Balaban J connectivity index is 1.77. The van der Waals surface area contributed by atoms with Gasteiger partial charge in [-0.05, 0) is 36.6 Å². The summed E-state index contributed by atoms with van der Waals surface area (Å²) in [5.74, 6) is -1.58. The summed E-state index contributed by atoms with van der Waals surface area (Å²) in [6.07, 6.45) is 4.87. The topological polar surface area (TPSA) is 49.8 Å². The van der Waals surface area contributed by atoms with E-state index in [1.54, 1.807) is 6.07 Å². The number of hydrogen-bond acceptors (Lipinski definition) is 3. The van der Waals surface area contributed by atoms with Crippen LogP contribution in [0, 0.1) is 5.82 Å². The van der Waals surface area contributed by atoms with Gasteiger partial charge in [0.25, 0.3) is 0 Å². The molecule has 2 fully saturated rings. The molecule has 0 bridgehead atoms. The van der Waals surface area contributed by atoms with Crippen molar-refractivity contribution in [1.29, 1.82) is 0 Å². The van der Waals surface area contributed by atoms with Crippen LogP contribution in [-0.2, 0) is 11.3 Å². The van der Waals surface area contributed by atoms with Crippen LogP contribution in [0.4, 0.5) is 4.39 Å². The highest BCUT2D eigenvalue weighted by molar-refractivity contribution is 5.87. The van der Waals surface area contributed by atoms with Crippen LogP contribution in [0.3, 0.4) is 0 Å². The van der Waals surface area contributed by atoms with Crippen LogP contribution < -0.4 is 0 Å². The van der Waals surface area contributed by atoms with Gasteiger partial charge >= 0.3 is 5.97 Å². The Hall–Kier alpha value is -1.46. The van der Waals surface area contributed by atoms with Crippen LogP contribution in [0.25, 0.3) is 0 Å². The molecule has 5 heteroatoms. The van der Waals surface area contributed by atoms with E-state index in [1.807, 2.05) is 0 Å². The summed E-state index contributed by atoms with van der Waals surface area (Å²) in [5, 5.41) is 9.03. The molecule has 0 radical (unpaired) electrons. The van der Waals surface area contributed by atoms with E-state index in [0.717, 1.165) is 31.0 Å². The van der Waals surface area contributed by atoms with Gasteiger partial charge in [0.1, 0.15) is 5.82 Å². The normalized spacial score (nSPS) is 26.3. The van der Waals surface area contributed by atoms with Gasteiger partial charge in [0, 0.05) is 19.1 Å². The van der Waals surface area contributed by atoms with Crippen LogP contribution >= 0.6 is 0 Å². The van der Waals surface area contributed by atoms with E-state index in [0.29, 0.717) is 19.2 Å². The minimum Gasteiger partial charge on any atom is -0.478 e. The quantitative estimate of drug-likeness (QED) is 0.931. The Bertz CT molecular complexity index is 532. The number of carboxylic acid groups (broad SMARTS) is 1. The van der Waals surface area contributed by atoms with Gasteiger partial charge in [-0.3, -0.25) is 4.90 Å². The zero-order valence-electron chi connectivity index (χ0n) is 11.9. The number of rotatable bonds is 3. The predicted octanol–water partition coefficient (Wildman–Crippen LogP) is 2.67. The molecule has 2 unspecified atom stereocenters. The van der Waals surface area contributed by atoms with Crippen LogP contribution in [0.1, 0.15) is 41.6 Å². The third-order valence-corrected chi connectivity index (χ3v) is 4.44. The average molecular weight is 293 g/mol. The number of benzene rings is 1. The van der Waals surface area contributed by atoms with Gasteiger partial charge in [-0.2, -0.15) is 0 Å². The lowest BCUT2D eigenvalue weighted by Gasteiger charge is -2.43. The smallest absolute Gasteiger partial charge is 0.335 e. The molecule has 21 heavy (non-hydrogen) atoms. The summed E-state index contributed by atoms with van der Waals surface area (Å²) in [6, 6.07) is 4.44. The van der Waals surface area contributed by atoms with Crippen molar-refractivity contribution < 1.29 is 19.0 Å². The standard InChI is InChI=1S/C16H20FNO3/c17-13-8-11(7-12(9-13)16(19)20)10-18-5-6-21-15-4-2-1-3-14(15)18/h7-9,14-15H,1-6,10H2,(H,19,20). The number of ether oxygens (including phenoxy) is 1. The van der Waals surface area contributed by atoms with E-state index in [1.165, 1.54) is 18.9 Å². The first-order valence-electron chi connectivity index (χ1n) is 7.52. The van der Waals surface area contributed by atoms with Crippen molar-refractivity contribution in [2.45, 2.75) is 44.4 Å². The van der Waals surface area contributed by atoms with Crippen molar-refractivity contribution in [1.82, 2.24) is 4.90 Å². The van der Waals surface area contributed by atoms with Crippen molar-refractivity contribution in [3.05, 3.63) is 35.1 Å². The highest BCUT2D eigenvalue weighted by atomic mass is 19.1. The molecular weight excluding hydrogens is 273 g/mol. The van der Waals surface area contributed by atoms with Crippen molar-refractivity contribution in [2.75, 3.05) is 13.2 Å². The third kappa shape index (κ3) is 3.24. The molecule has 0 aromatic heterocycles. The molecule has 0 spiro atoms. The Morgan fingerprint density at radius 1 is 1.33 bits per heavy atom. The van der Waals surface area contributed by atoms with Gasteiger partial charge in [0.15, 0.2) is 0 Å². The zero-order chi connectivity index (χ0) is 14.8. The number of halogens is 1. The molecule has 1 aromatic rings. The number of carboxylic acids is 1. The Morgan fingerprint density at radius 3 is 2.95 bits per heavy atom. The van der Waals surface area contributed by atoms with Crippen LogP contribution in [0.5, 0.6) is 0 Å². The molecule has 1 saturated heterocycles. The maximum atomic E-state index is 13.6. The molecule has 1 heterocycles. The molecule has 1 aliphatic heterocycles. The number of hydrogen-bond donors (Lipinski definition) is 1. The second-order valence-electron chi connectivity index (χ2n) is 5.88. The Labute approximate surface area is 123 Å². The number of aromatic carboxylic acids is 1. The molecule has 1 aromatic carbocycles. The van der Waals surface area contributed by atoms with Gasteiger partial charge in [-0.15, -0.1) is 0 Å². The number of carbonyl (C=O) groups is 1. The summed E-state index contributed by atoms with van der Waals surface area (Å²) in [4.78, 5) is 13.3. The first-order valence-corrected chi connectivity index (χ1v) is 7.52. The molecule has 114 valence electrons. The van der Waals surface area contributed by atoms with E-state index in [-0.39, 0.29) is 11.7 Å². The monoisotopic (exact) mass is 293 g/mol. The minimum absolute atomic E-state index is 0.0125. The highest BCUT2D eigenvalue weighted by Gasteiger charge is 2.34. The second kappa shape index (κ2) is 6.12. The minimum atomic E-state index is -1.09. The van der Waals surface area contributed by atoms with Gasteiger partial charge in [0.2, 0.25) is 0 Å². The summed E-state index contributed by atoms with van der Waals surface area (Å²) in [7, 11) is 0. The van der Waals surface area contributed by atoms with E-state index >= 15 is 0 Å². The average Bonchev–Trinajstić information content (AvgIpc) is 2.47. The van der Waals surface area contributed by atoms with Gasteiger partial charge < -0.3 is 9.84 Å². The SMILES string of the molecule is O=C(O)c1cc(F)cc(CN2CCOC3CCCCC32)c1. The van der Waals surface area contributed by atoms with E-state index in [4.69, 9.17) is 9.84 Å². The molecule has 2 aliphatic rings. The number of nitrogens with zero attached hydrogens (tertiary/aromatic N) is 1. The van der Waals surface area contributed by atoms with Gasteiger partial charge in [0.05, 0.1) is 18.3 Å². The lowest BCUT2D eigenvalue weighted by Crippen LogP contribution is -2.52. The molecule has 4 nitrogen and oxygen atoms in total. The molecule has 2 atom stereocenters. The highest BCUT2D eigenvalue weighted by Crippen LogP contribution is 2.29. The van der Waals surface area contributed by atoms with Crippen molar-refractivity contribution >= 4 is 5.97 Å². The fourth-order valence-electron chi connectivity index (χ4n) is 3.47. The first-order chi connectivity index (χ1) is 10.1. The third-order valence-electron chi connectivity index (χ3n) is 4.44. The molecule has 1 saturated carbocycles.